The molecule has 0 radical (unpaired) electrons. The van der Waals surface area contributed by atoms with Gasteiger partial charge in [-0.2, -0.15) is 12.6 Å². The Labute approximate surface area is 46.0 Å². The van der Waals surface area contributed by atoms with Crippen LogP contribution in [0.2, 0.25) is 13.1 Å². The van der Waals surface area contributed by atoms with Gasteiger partial charge in [0, 0.05) is 0 Å². The largest absolute Gasteiger partial charge is 0.177 e. The van der Waals surface area contributed by atoms with Crippen molar-refractivity contribution in [3.8, 4) is 0 Å². The monoisotopic (exact) mass is 102 g/mol. The predicted octanol–water partition coefficient (Wildman–Crippen LogP) is 1.21. The molecular weight excluding hydrogens is 90.9 g/mol. The van der Waals surface area contributed by atoms with Crippen LogP contribution in [0.15, 0.2) is 0 Å². The van der Waals surface area contributed by atoms with Gasteiger partial charge >= 0.3 is 0 Å². The summed E-state index contributed by atoms with van der Waals surface area (Å²) in [5.41, 5.74) is 0. The van der Waals surface area contributed by atoms with Crippen LogP contribution in [-0.4, -0.2) is 12.5 Å². The summed E-state index contributed by atoms with van der Waals surface area (Å²) in [4.78, 5) is 0. The Morgan fingerprint density at radius 3 is 2.33 bits per heavy atom. The van der Waals surface area contributed by atoms with Gasteiger partial charge in [-0.1, -0.05) is 20.1 Å². The summed E-state index contributed by atoms with van der Waals surface area (Å²) in [7, 11) is 1.25. The summed E-state index contributed by atoms with van der Waals surface area (Å²) in [5.74, 6) is 0. The van der Waals surface area contributed by atoms with Crippen LogP contribution in [0.25, 0.3) is 0 Å². The molecule has 2 heteroatoms. The molecule has 0 rings (SSSR count). The Hall–Kier alpha value is 0.415. The first-order valence-corrected chi connectivity index (χ1v) is 2.97. The van der Waals surface area contributed by atoms with Gasteiger partial charge in [-0.05, 0) is 5.25 Å². The molecule has 0 aliphatic heterocycles. The second-order valence-electron chi connectivity index (χ2n) is 1.64. The van der Waals surface area contributed by atoms with Gasteiger partial charge in [0.15, 0.2) is 0 Å². The molecule has 1 atom stereocenters. The lowest BCUT2D eigenvalue weighted by atomic mass is 9.77. The maximum absolute atomic E-state index is 4.18. The van der Waals surface area contributed by atoms with E-state index in [1.807, 2.05) is 0 Å². The highest BCUT2D eigenvalue weighted by molar-refractivity contribution is 7.81. The average molecular weight is 102 g/mol. The lowest BCUT2D eigenvalue weighted by molar-refractivity contribution is 1.11. The van der Waals surface area contributed by atoms with Crippen LogP contribution in [0.4, 0.5) is 0 Å². The van der Waals surface area contributed by atoms with E-state index in [9.17, 15) is 0 Å². The zero-order valence-corrected chi connectivity index (χ0v) is 5.33. The first-order valence-electron chi connectivity index (χ1n) is 2.45. The van der Waals surface area contributed by atoms with Gasteiger partial charge in [-0.15, -0.1) is 0 Å². The summed E-state index contributed by atoms with van der Waals surface area (Å²) in [6.45, 7) is 4.29. The second-order valence-corrected chi connectivity index (χ2v) is 2.52. The highest BCUT2D eigenvalue weighted by Gasteiger charge is 1.88. The van der Waals surface area contributed by atoms with Crippen molar-refractivity contribution < 1.29 is 0 Å². The highest BCUT2D eigenvalue weighted by atomic mass is 32.1. The summed E-state index contributed by atoms with van der Waals surface area (Å²) < 4.78 is 0. The molecule has 0 aromatic carbocycles. The Morgan fingerprint density at radius 1 is 1.83 bits per heavy atom. The summed E-state index contributed by atoms with van der Waals surface area (Å²) in [6, 6.07) is 0. The van der Waals surface area contributed by atoms with Gasteiger partial charge in [0.25, 0.3) is 0 Å². The van der Waals surface area contributed by atoms with Gasteiger partial charge in [-0.25, -0.2) is 0 Å². The van der Waals surface area contributed by atoms with Crippen LogP contribution in [0.1, 0.15) is 6.92 Å². The minimum Gasteiger partial charge on any atom is -0.177 e. The van der Waals surface area contributed by atoms with E-state index >= 15 is 0 Å². The Balaban J connectivity index is 2.63. The van der Waals surface area contributed by atoms with E-state index in [4.69, 9.17) is 0 Å². The molecular formula is C4H11BS. The van der Waals surface area contributed by atoms with E-state index < -0.39 is 0 Å². The molecule has 0 heterocycles. The molecule has 36 valence electrons. The molecule has 0 saturated carbocycles. The van der Waals surface area contributed by atoms with Crippen molar-refractivity contribution in [3.63, 3.8) is 0 Å². The molecule has 0 fully saturated rings. The summed E-state index contributed by atoms with van der Waals surface area (Å²) in [5, 5.41) is 0.593. The quantitative estimate of drug-likeness (QED) is 0.393. The fraction of sp³-hybridized carbons (Fsp3) is 1.00. The van der Waals surface area contributed by atoms with E-state index in [1.165, 1.54) is 13.6 Å². The maximum atomic E-state index is 4.18. The van der Waals surface area contributed by atoms with Crippen molar-refractivity contribution in [1.29, 1.82) is 0 Å². The van der Waals surface area contributed by atoms with Gasteiger partial charge in [0.1, 0.15) is 7.28 Å². The number of thiol groups is 1. The third kappa shape index (κ3) is 4.41. The van der Waals surface area contributed by atoms with Gasteiger partial charge in [-0.3, -0.25) is 0 Å². The molecule has 1 unspecified atom stereocenters. The zero-order chi connectivity index (χ0) is 4.99. The molecule has 0 bridgehead atoms. The molecule has 0 aromatic rings. The lowest BCUT2D eigenvalue weighted by Crippen LogP contribution is -1.92. The molecule has 0 aliphatic carbocycles. The Bertz CT molecular complexity index is 28.7. The SMILES string of the molecule is CBCC(C)S. The first-order chi connectivity index (χ1) is 2.77. The summed E-state index contributed by atoms with van der Waals surface area (Å²) >= 11 is 4.18. The Morgan fingerprint density at radius 2 is 2.33 bits per heavy atom. The fourth-order valence-electron chi connectivity index (χ4n) is 0.418. The van der Waals surface area contributed by atoms with Crippen molar-refractivity contribution in [3.05, 3.63) is 0 Å². The molecule has 0 saturated heterocycles. The molecule has 0 amide bonds. The minimum absolute atomic E-state index is 0.593. The summed E-state index contributed by atoms with van der Waals surface area (Å²) in [6.07, 6.45) is 1.24. The molecule has 0 spiro atoms. The number of rotatable bonds is 2. The maximum Gasteiger partial charge on any atom is 0.118 e. The number of hydrogen-bond donors (Lipinski definition) is 1. The Kier molecular flexibility index (Phi) is 3.85. The van der Waals surface area contributed by atoms with Gasteiger partial charge in [0.05, 0.1) is 0 Å². The second kappa shape index (κ2) is 3.60. The van der Waals surface area contributed by atoms with Crippen LogP contribution < -0.4 is 0 Å². The molecule has 0 aliphatic rings. The van der Waals surface area contributed by atoms with Gasteiger partial charge < -0.3 is 0 Å². The van der Waals surface area contributed by atoms with Crippen LogP contribution in [0, 0.1) is 0 Å². The van der Waals surface area contributed by atoms with E-state index in [2.05, 4.69) is 26.4 Å². The van der Waals surface area contributed by atoms with Crippen LogP contribution >= 0.6 is 12.6 Å². The topological polar surface area (TPSA) is 0 Å². The predicted molar refractivity (Wildman–Crippen MR) is 36.3 cm³/mol. The third-order valence-corrected chi connectivity index (χ3v) is 0.965. The molecule has 0 aromatic heterocycles. The van der Waals surface area contributed by atoms with E-state index in [0.29, 0.717) is 5.25 Å². The normalized spacial score (nSPS) is 13.8. The minimum atomic E-state index is 0.593. The average Bonchev–Trinajstić information content (AvgIpc) is 1.35. The van der Waals surface area contributed by atoms with Crippen LogP contribution in [0.5, 0.6) is 0 Å². The van der Waals surface area contributed by atoms with Crippen molar-refractivity contribution >= 4 is 19.9 Å². The molecule has 6 heavy (non-hydrogen) atoms. The fourth-order valence-corrected chi connectivity index (χ4v) is 0.676. The highest BCUT2D eigenvalue weighted by Crippen LogP contribution is 1.96. The van der Waals surface area contributed by atoms with Crippen molar-refractivity contribution in [1.82, 2.24) is 0 Å². The van der Waals surface area contributed by atoms with E-state index in [1.54, 1.807) is 0 Å². The smallest absolute Gasteiger partial charge is 0.118 e. The number of hydrogen-bond acceptors (Lipinski definition) is 1. The zero-order valence-electron chi connectivity index (χ0n) is 4.44. The van der Waals surface area contributed by atoms with Crippen LogP contribution in [0.3, 0.4) is 0 Å². The van der Waals surface area contributed by atoms with Crippen LogP contribution in [-0.2, 0) is 0 Å². The van der Waals surface area contributed by atoms with Crippen molar-refractivity contribution in [2.75, 3.05) is 0 Å². The molecule has 0 N–H and O–H groups in total. The van der Waals surface area contributed by atoms with E-state index in [0.717, 1.165) is 0 Å². The third-order valence-electron chi connectivity index (χ3n) is 0.706. The van der Waals surface area contributed by atoms with E-state index in [-0.39, 0.29) is 0 Å². The lowest BCUT2D eigenvalue weighted by Gasteiger charge is -1.93. The van der Waals surface area contributed by atoms with Gasteiger partial charge in [0.2, 0.25) is 0 Å². The first kappa shape index (κ1) is 6.41. The van der Waals surface area contributed by atoms with Crippen molar-refractivity contribution in [2.45, 2.75) is 25.3 Å². The van der Waals surface area contributed by atoms with Crippen molar-refractivity contribution in [2.24, 2.45) is 0 Å². The standard InChI is InChI=1S/C4H11BS/c1-4(6)3-5-2/h4-6H,3H2,1-2H3. The molecule has 0 nitrogen and oxygen atoms in total.